The smallest absolute Gasteiger partial charge is 0.256 e. The van der Waals surface area contributed by atoms with E-state index < -0.39 is 5.60 Å². The van der Waals surface area contributed by atoms with Gasteiger partial charge in [-0.15, -0.1) is 0 Å². The number of benzene rings is 2. The van der Waals surface area contributed by atoms with Gasteiger partial charge in [0.25, 0.3) is 5.91 Å². The van der Waals surface area contributed by atoms with Gasteiger partial charge in [0.15, 0.2) is 0 Å². The highest BCUT2D eigenvalue weighted by Gasteiger charge is 2.33. The number of rotatable bonds is 10. The molecule has 1 N–H and O–H groups in total. The molecule has 2 aromatic rings. The minimum absolute atomic E-state index is 0.106. The fourth-order valence-corrected chi connectivity index (χ4v) is 2.69. The fraction of sp³-hybridized carbons (Fsp3) is 0.409. The fourth-order valence-electron chi connectivity index (χ4n) is 2.69. The van der Waals surface area contributed by atoms with Gasteiger partial charge < -0.3 is 14.8 Å². The maximum atomic E-state index is 12.7. The molecule has 0 aliphatic carbocycles. The summed E-state index contributed by atoms with van der Waals surface area (Å²) < 4.78 is 11.6. The molecule has 2 aromatic carbocycles. The van der Waals surface area contributed by atoms with E-state index in [0.29, 0.717) is 19.6 Å². The predicted molar refractivity (Wildman–Crippen MR) is 105 cm³/mol. The van der Waals surface area contributed by atoms with Gasteiger partial charge in [0.2, 0.25) is 0 Å². The summed E-state index contributed by atoms with van der Waals surface area (Å²) in [5, 5.41) is 2.96. The molecule has 0 aliphatic rings. The van der Waals surface area contributed by atoms with Crippen LogP contribution in [0.2, 0.25) is 0 Å². The number of hydrogen-bond acceptors (Lipinski definition) is 3. The number of nitrogens with one attached hydrogen (secondary N) is 1. The molecule has 1 amide bonds. The second-order valence-corrected chi connectivity index (χ2v) is 6.58. The first kappa shape index (κ1) is 20.0. The molecule has 0 saturated carbocycles. The van der Waals surface area contributed by atoms with Crippen LogP contribution in [0.25, 0.3) is 0 Å². The van der Waals surface area contributed by atoms with Gasteiger partial charge in [-0.2, -0.15) is 0 Å². The minimum Gasteiger partial charge on any atom is -0.489 e. The molecule has 4 nitrogen and oxygen atoms in total. The molecule has 1 atom stereocenters. The van der Waals surface area contributed by atoms with Crippen LogP contribution in [0.3, 0.4) is 0 Å². The zero-order chi connectivity index (χ0) is 18.8. The Morgan fingerprint density at radius 2 is 1.69 bits per heavy atom. The molecule has 0 aromatic heterocycles. The van der Waals surface area contributed by atoms with Crippen molar-refractivity contribution in [3.05, 3.63) is 60.2 Å². The highest BCUT2D eigenvalue weighted by molar-refractivity contribution is 5.97. The Hall–Kier alpha value is -2.33. The highest BCUT2D eigenvalue weighted by Crippen LogP contribution is 2.22. The maximum absolute atomic E-state index is 12.7. The Kier molecular flexibility index (Phi) is 7.67. The molecule has 0 heterocycles. The number of anilines is 1. The van der Waals surface area contributed by atoms with Gasteiger partial charge in [-0.3, -0.25) is 4.79 Å². The Bertz CT molecular complexity index is 670. The summed E-state index contributed by atoms with van der Waals surface area (Å²) in [5.74, 6) is 0.663. The zero-order valence-electron chi connectivity index (χ0n) is 16.0. The molecule has 0 fully saturated rings. The van der Waals surface area contributed by atoms with E-state index in [-0.39, 0.29) is 5.91 Å². The van der Waals surface area contributed by atoms with Gasteiger partial charge >= 0.3 is 0 Å². The van der Waals surface area contributed by atoms with Crippen LogP contribution in [0.5, 0.6) is 5.75 Å². The van der Waals surface area contributed by atoms with E-state index in [0.717, 1.165) is 29.8 Å². The van der Waals surface area contributed by atoms with E-state index in [1.54, 1.807) is 0 Å². The molecule has 0 radical (unpaired) electrons. The van der Waals surface area contributed by atoms with E-state index in [1.807, 2.05) is 68.4 Å². The van der Waals surface area contributed by atoms with Crippen LogP contribution in [-0.2, 0) is 16.1 Å². The third kappa shape index (κ3) is 5.88. The number of ether oxygens (including phenoxy) is 2. The van der Waals surface area contributed by atoms with Crippen LogP contribution in [0.4, 0.5) is 5.69 Å². The number of carbonyl (C=O) groups is 1. The molecule has 4 heteroatoms. The molecular weight excluding hydrogens is 326 g/mol. The summed E-state index contributed by atoms with van der Waals surface area (Å²) in [4.78, 5) is 12.7. The second-order valence-electron chi connectivity index (χ2n) is 6.58. The predicted octanol–water partition coefficient (Wildman–Crippen LogP) is 5.19. The summed E-state index contributed by atoms with van der Waals surface area (Å²) >= 11 is 0. The normalized spacial score (nSPS) is 13.0. The number of carbonyl (C=O) groups excluding carboxylic acids is 1. The minimum atomic E-state index is -0.798. The molecule has 26 heavy (non-hydrogen) atoms. The number of amides is 1. The van der Waals surface area contributed by atoms with Gasteiger partial charge in [0.05, 0.1) is 0 Å². The lowest BCUT2D eigenvalue weighted by molar-refractivity contribution is -0.140. The van der Waals surface area contributed by atoms with Gasteiger partial charge in [0.1, 0.15) is 18.0 Å². The zero-order valence-corrected chi connectivity index (χ0v) is 16.0. The van der Waals surface area contributed by atoms with Crippen molar-refractivity contribution in [3.63, 3.8) is 0 Å². The van der Waals surface area contributed by atoms with Gasteiger partial charge in [-0.05, 0) is 49.6 Å². The topological polar surface area (TPSA) is 47.6 Å². The SMILES string of the molecule is CCCO[C@](C)(CCC)C(=O)Nc1ccc(OCc2ccccc2)cc1. The molecule has 140 valence electrons. The molecule has 0 aliphatic heterocycles. The molecule has 0 unspecified atom stereocenters. The van der Waals surface area contributed by atoms with Crippen molar-refractivity contribution >= 4 is 11.6 Å². The van der Waals surface area contributed by atoms with Crippen molar-refractivity contribution in [3.8, 4) is 5.75 Å². The summed E-state index contributed by atoms with van der Waals surface area (Å²) in [6.07, 6.45) is 2.47. The standard InChI is InChI=1S/C22H29NO3/c1-4-15-22(3,26-16-5-2)21(24)23-19-11-13-20(14-12-19)25-17-18-9-7-6-8-10-18/h6-14H,4-5,15-17H2,1-3H3,(H,23,24)/t22-/m1/s1. The van der Waals surface area contributed by atoms with E-state index >= 15 is 0 Å². The van der Waals surface area contributed by atoms with E-state index in [1.165, 1.54) is 0 Å². The first-order valence-electron chi connectivity index (χ1n) is 9.29. The van der Waals surface area contributed by atoms with Crippen molar-refractivity contribution in [2.45, 2.75) is 52.2 Å². The van der Waals surface area contributed by atoms with Crippen LogP contribution in [0.15, 0.2) is 54.6 Å². The van der Waals surface area contributed by atoms with Crippen molar-refractivity contribution in [2.24, 2.45) is 0 Å². The quantitative estimate of drug-likeness (QED) is 0.638. The van der Waals surface area contributed by atoms with Crippen molar-refractivity contribution < 1.29 is 14.3 Å². The Balaban J connectivity index is 1.93. The largest absolute Gasteiger partial charge is 0.489 e. The van der Waals surface area contributed by atoms with Gasteiger partial charge in [-0.25, -0.2) is 0 Å². The van der Waals surface area contributed by atoms with Crippen molar-refractivity contribution in [1.82, 2.24) is 0 Å². The summed E-state index contributed by atoms with van der Waals surface area (Å²) in [6, 6.07) is 17.5. The first-order valence-corrected chi connectivity index (χ1v) is 9.29. The molecule has 0 spiro atoms. The first-order chi connectivity index (χ1) is 12.6. The van der Waals surface area contributed by atoms with Crippen LogP contribution < -0.4 is 10.1 Å². The summed E-state index contributed by atoms with van der Waals surface area (Å²) in [7, 11) is 0. The van der Waals surface area contributed by atoms with Gasteiger partial charge in [0, 0.05) is 12.3 Å². The average Bonchev–Trinajstić information content (AvgIpc) is 2.67. The lowest BCUT2D eigenvalue weighted by Crippen LogP contribution is -2.43. The lowest BCUT2D eigenvalue weighted by atomic mass is 9.99. The number of hydrogen-bond donors (Lipinski definition) is 1. The average molecular weight is 355 g/mol. The van der Waals surface area contributed by atoms with Crippen LogP contribution in [0.1, 0.15) is 45.6 Å². The van der Waals surface area contributed by atoms with E-state index in [2.05, 4.69) is 12.2 Å². The monoisotopic (exact) mass is 355 g/mol. The summed E-state index contributed by atoms with van der Waals surface area (Å²) in [5.41, 5.74) is 1.06. The highest BCUT2D eigenvalue weighted by atomic mass is 16.5. The Labute approximate surface area is 156 Å². The molecular formula is C22H29NO3. The van der Waals surface area contributed by atoms with Crippen LogP contribution in [-0.4, -0.2) is 18.1 Å². The molecule has 2 rings (SSSR count). The Morgan fingerprint density at radius 3 is 2.31 bits per heavy atom. The van der Waals surface area contributed by atoms with Crippen molar-refractivity contribution in [1.29, 1.82) is 0 Å². The van der Waals surface area contributed by atoms with Crippen molar-refractivity contribution in [2.75, 3.05) is 11.9 Å². The van der Waals surface area contributed by atoms with E-state index in [4.69, 9.17) is 9.47 Å². The molecule has 0 saturated heterocycles. The van der Waals surface area contributed by atoms with Crippen LogP contribution >= 0.6 is 0 Å². The van der Waals surface area contributed by atoms with Gasteiger partial charge in [-0.1, -0.05) is 50.6 Å². The van der Waals surface area contributed by atoms with Crippen LogP contribution in [0, 0.1) is 0 Å². The molecule has 0 bridgehead atoms. The third-order valence-corrected chi connectivity index (χ3v) is 4.19. The summed E-state index contributed by atoms with van der Waals surface area (Å²) in [6.45, 7) is 7.05. The van der Waals surface area contributed by atoms with E-state index in [9.17, 15) is 4.79 Å². The maximum Gasteiger partial charge on any atom is 0.256 e. The second kappa shape index (κ2) is 9.97. The Morgan fingerprint density at radius 1 is 1.00 bits per heavy atom. The third-order valence-electron chi connectivity index (χ3n) is 4.19. The lowest BCUT2D eigenvalue weighted by Gasteiger charge is -2.28.